The Labute approximate surface area is 199 Å². The molecule has 0 fully saturated rings. The number of nitrogens with one attached hydrogen (secondary N) is 1. The zero-order valence-electron chi connectivity index (χ0n) is 18.5. The standard InChI is InChI=1S/C25H16F6N2OS/c1-11-19(16-9-14(34-3)5-7-17(16)33-11)21-22(24(28,29)25(30,31)23(21,26)27)20-12(2)35-18-8-13(10-32)4-6-15(18)20/h4-9,33H,1-3H3. The Morgan fingerprint density at radius 1 is 0.886 bits per heavy atom. The summed E-state index contributed by atoms with van der Waals surface area (Å²) < 4.78 is 97.1. The first-order valence-corrected chi connectivity index (χ1v) is 11.2. The van der Waals surface area contributed by atoms with Crippen molar-refractivity contribution in [2.75, 3.05) is 7.11 Å². The Bertz CT molecular complexity index is 1610. The molecule has 1 aliphatic rings. The van der Waals surface area contributed by atoms with Gasteiger partial charge in [-0.2, -0.15) is 31.6 Å². The van der Waals surface area contributed by atoms with Crippen LogP contribution in [0.25, 0.3) is 32.1 Å². The second-order valence-electron chi connectivity index (χ2n) is 8.37. The second kappa shape index (κ2) is 7.28. The van der Waals surface area contributed by atoms with Crippen LogP contribution in [0.4, 0.5) is 26.3 Å². The predicted molar refractivity (Wildman–Crippen MR) is 123 cm³/mol. The van der Waals surface area contributed by atoms with Crippen molar-refractivity contribution >= 4 is 43.5 Å². The predicted octanol–water partition coefficient (Wildman–Crippen LogP) is 7.71. The molecule has 10 heteroatoms. The number of allylic oxidation sites excluding steroid dienone is 2. The average Bonchev–Trinajstić information content (AvgIpc) is 3.33. The largest absolute Gasteiger partial charge is 0.497 e. The van der Waals surface area contributed by atoms with E-state index >= 15 is 17.6 Å². The highest BCUT2D eigenvalue weighted by molar-refractivity contribution is 7.19. The average molecular weight is 506 g/mol. The lowest BCUT2D eigenvalue weighted by atomic mass is 9.91. The molecule has 0 unspecified atom stereocenters. The van der Waals surface area contributed by atoms with Crippen LogP contribution in [0.5, 0.6) is 5.75 Å². The minimum Gasteiger partial charge on any atom is -0.497 e. The van der Waals surface area contributed by atoms with Crippen LogP contribution in [0.3, 0.4) is 0 Å². The second-order valence-corrected chi connectivity index (χ2v) is 9.62. The van der Waals surface area contributed by atoms with Gasteiger partial charge in [-0.05, 0) is 44.2 Å². The summed E-state index contributed by atoms with van der Waals surface area (Å²) in [6.45, 7) is 2.78. The Morgan fingerprint density at radius 3 is 2.17 bits per heavy atom. The summed E-state index contributed by atoms with van der Waals surface area (Å²) in [6.07, 6.45) is 0. The zero-order chi connectivity index (χ0) is 25.5. The fraction of sp³-hybridized carbons (Fsp3) is 0.240. The first kappa shape index (κ1) is 23.3. The van der Waals surface area contributed by atoms with Crippen LogP contribution in [0.15, 0.2) is 36.4 Å². The van der Waals surface area contributed by atoms with E-state index in [1.54, 1.807) is 0 Å². The number of benzene rings is 2. The van der Waals surface area contributed by atoms with Crippen molar-refractivity contribution in [1.82, 2.24) is 4.98 Å². The summed E-state index contributed by atoms with van der Waals surface area (Å²) in [5.74, 6) is -15.8. The third kappa shape index (κ3) is 2.91. The molecule has 5 rings (SSSR count). The van der Waals surface area contributed by atoms with Gasteiger partial charge < -0.3 is 9.72 Å². The maximum Gasteiger partial charge on any atom is 0.380 e. The minimum absolute atomic E-state index is 0.0397. The van der Waals surface area contributed by atoms with Gasteiger partial charge in [0, 0.05) is 53.8 Å². The third-order valence-electron chi connectivity index (χ3n) is 6.36. The lowest BCUT2D eigenvalue weighted by molar-refractivity contribution is -0.254. The van der Waals surface area contributed by atoms with E-state index in [4.69, 9.17) is 10.00 Å². The van der Waals surface area contributed by atoms with Gasteiger partial charge in [0.2, 0.25) is 0 Å². The number of hydrogen-bond acceptors (Lipinski definition) is 3. The highest BCUT2D eigenvalue weighted by Crippen LogP contribution is 2.66. The molecule has 180 valence electrons. The lowest BCUT2D eigenvalue weighted by Crippen LogP contribution is -2.49. The summed E-state index contributed by atoms with van der Waals surface area (Å²) in [4.78, 5) is 2.99. The fourth-order valence-corrected chi connectivity index (χ4v) is 5.85. The molecule has 0 aliphatic heterocycles. The molecule has 0 saturated heterocycles. The summed E-state index contributed by atoms with van der Waals surface area (Å²) in [5.41, 5.74) is -3.04. The van der Waals surface area contributed by atoms with E-state index in [0.717, 1.165) is 11.3 Å². The van der Waals surface area contributed by atoms with Crippen molar-refractivity contribution in [3.63, 3.8) is 0 Å². The van der Waals surface area contributed by atoms with Crippen molar-refractivity contribution in [3.8, 4) is 11.8 Å². The monoisotopic (exact) mass is 506 g/mol. The van der Waals surface area contributed by atoms with Gasteiger partial charge in [-0.1, -0.05) is 6.07 Å². The molecular formula is C25H16F6N2OS. The molecule has 0 spiro atoms. The summed E-state index contributed by atoms with van der Waals surface area (Å²) in [5, 5.41) is 9.32. The van der Waals surface area contributed by atoms with Crippen LogP contribution in [0, 0.1) is 25.2 Å². The fourth-order valence-electron chi connectivity index (χ4n) is 4.74. The topological polar surface area (TPSA) is 48.8 Å². The van der Waals surface area contributed by atoms with E-state index in [1.165, 1.54) is 57.4 Å². The number of halogens is 6. The first-order valence-electron chi connectivity index (χ1n) is 10.4. The molecule has 4 aromatic rings. The number of alkyl halides is 6. The molecule has 2 heterocycles. The number of nitrogens with zero attached hydrogens (tertiary/aromatic N) is 1. The van der Waals surface area contributed by atoms with Crippen molar-refractivity contribution in [2.45, 2.75) is 31.6 Å². The van der Waals surface area contributed by atoms with E-state index in [9.17, 15) is 8.78 Å². The van der Waals surface area contributed by atoms with E-state index < -0.39 is 34.5 Å². The van der Waals surface area contributed by atoms with Crippen LogP contribution in [-0.4, -0.2) is 29.9 Å². The highest BCUT2D eigenvalue weighted by atomic mass is 32.1. The highest BCUT2D eigenvalue weighted by Gasteiger charge is 2.80. The van der Waals surface area contributed by atoms with Crippen LogP contribution in [0.2, 0.25) is 0 Å². The van der Waals surface area contributed by atoms with Gasteiger partial charge in [0.1, 0.15) is 5.75 Å². The Balaban J connectivity index is 1.97. The molecule has 2 aromatic carbocycles. The van der Waals surface area contributed by atoms with Gasteiger partial charge in [-0.25, -0.2) is 0 Å². The van der Waals surface area contributed by atoms with Crippen molar-refractivity contribution in [2.24, 2.45) is 0 Å². The molecule has 1 aliphatic carbocycles. The van der Waals surface area contributed by atoms with Crippen LogP contribution < -0.4 is 4.74 Å². The van der Waals surface area contributed by atoms with Gasteiger partial charge in [0.15, 0.2) is 0 Å². The SMILES string of the molecule is COc1ccc2[nH]c(C)c(C3=C(c4c(C)sc5cc(C#N)ccc45)C(F)(F)C(F)(F)C3(F)F)c2c1. The molecule has 1 N–H and O–H groups in total. The molecule has 35 heavy (non-hydrogen) atoms. The third-order valence-corrected chi connectivity index (χ3v) is 7.42. The van der Waals surface area contributed by atoms with E-state index in [0.29, 0.717) is 10.2 Å². The summed E-state index contributed by atoms with van der Waals surface area (Å²) >= 11 is 0.973. The van der Waals surface area contributed by atoms with Crippen LogP contribution >= 0.6 is 11.3 Å². The van der Waals surface area contributed by atoms with E-state index in [1.807, 2.05) is 6.07 Å². The zero-order valence-corrected chi connectivity index (χ0v) is 19.3. The van der Waals surface area contributed by atoms with Crippen molar-refractivity contribution in [1.29, 1.82) is 5.26 Å². The maximum absolute atomic E-state index is 15.5. The number of ether oxygens (including phenoxy) is 1. The molecule has 2 aromatic heterocycles. The molecule has 0 saturated carbocycles. The smallest absolute Gasteiger partial charge is 0.380 e. The van der Waals surface area contributed by atoms with Crippen molar-refractivity contribution in [3.05, 3.63) is 63.7 Å². The summed E-state index contributed by atoms with van der Waals surface area (Å²) in [6, 6.07) is 10.4. The number of methoxy groups -OCH3 is 1. The molecule has 0 amide bonds. The van der Waals surface area contributed by atoms with Crippen LogP contribution in [-0.2, 0) is 0 Å². The molecule has 3 nitrogen and oxygen atoms in total. The Kier molecular flexibility index (Phi) is 4.84. The number of thiophene rings is 1. The van der Waals surface area contributed by atoms with E-state index in [-0.39, 0.29) is 38.2 Å². The first-order chi connectivity index (χ1) is 16.4. The molecule has 0 atom stereocenters. The Morgan fingerprint density at radius 2 is 1.54 bits per heavy atom. The quantitative estimate of drug-likeness (QED) is 0.289. The molecule has 0 bridgehead atoms. The van der Waals surface area contributed by atoms with Crippen LogP contribution in [0.1, 0.15) is 27.3 Å². The number of aromatic amines is 1. The number of fused-ring (bicyclic) bond motifs is 2. The van der Waals surface area contributed by atoms with Gasteiger partial charge in [0.25, 0.3) is 0 Å². The number of hydrogen-bond donors (Lipinski definition) is 1. The number of aryl methyl sites for hydroxylation is 2. The Hall–Kier alpha value is -3.45. The number of nitriles is 1. The maximum atomic E-state index is 15.5. The van der Waals surface area contributed by atoms with Gasteiger partial charge in [-0.15, -0.1) is 11.3 Å². The van der Waals surface area contributed by atoms with Crippen molar-refractivity contribution < 1.29 is 31.1 Å². The molecular weight excluding hydrogens is 490 g/mol. The summed E-state index contributed by atoms with van der Waals surface area (Å²) in [7, 11) is 1.34. The number of aromatic nitrogens is 1. The molecule has 0 radical (unpaired) electrons. The van der Waals surface area contributed by atoms with E-state index in [2.05, 4.69) is 4.98 Å². The normalized spacial score (nSPS) is 18.4. The van der Waals surface area contributed by atoms with Gasteiger partial charge in [-0.3, -0.25) is 0 Å². The lowest BCUT2D eigenvalue weighted by Gasteiger charge is -2.26. The van der Waals surface area contributed by atoms with Gasteiger partial charge >= 0.3 is 17.8 Å². The van der Waals surface area contributed by atoms with Gasteiger partial charge in [0.05, 0.1) is 18.7 Å². The minimum atomic E-state index is -5.67. The number of H-pyrrole nitrogens is 1. The number of rotatable bonds is 3.